The van der Waals surface area contributed by atoms with E-state index in [4.69, 9.17) is 4.42 Å². The number of amides is 1. The minimum atomic E-state index is 0.0847. The van der Waals surface area contributed by atoms with E-state index in [1.165, 1.54) is 0 Å². The Morgan fingerprint density at radius 2 is 2.26 bits per heavy atom. The molecule has 2 aromatic rings. The smallest absolute Gasteiger partial charge is 0.224 e. The molecule has 0 unspecified atom stereocenters. The summed E-state index contributed by atoms with van der Waals surface area (Å²) < 4.78 is 5.51. The molecule has 0 saturated carbocycles. The second-order valence-corrected chi connectivity index (χ2v) is 5.61. The minimum absolute atomic E-state index is 0.0847. The van der Waals surface area contributed by atoms with Crippen molar-refractivity contribution in [2.45, 2.75) is 39.2 Å². The minimum Gasteiger partial charge on any atom is -0.466 e. The number of carbonyl (C=O) groups excluding carboxylic acids is 1. The van der Waals surface area contributed by atoms with Gasteiger partial charge in [0.25, 0.3) is 0 Å². The second-order valence-electron chi connectivity index (χ2n) is 4.83. The van der Waals surface area contributed by atoms with Gasteiger partial charge in [0.1, 0.15) is 11.5 Å². The predicted molar refractivity (Wildman–Crippen MR) is 77.4 cm³/mol. The summed E-state index contributed by atoms with van der Waals surface area (Å²) in [4.78, 5) is 11.8. The zero-order chi connectivity index (χ0) is 13.7. The molecule has 0 saturated heterocycles. The molecule has 0 aliphatic carbocycles. The van der Waals surface area contributed by atoms with Gasteiger partial charge in [0, 0.05) is 12.5 Å². The molecular formula is C15H19NO2S. The summed E-state index contributed by atoms with van der Waals surface area (Å²) >= 11 is 1.62. The first-order valence-electron chi connectivity index (χ1n) is 6.49. The average molecular weight is 277 g/mol. The third kappa shape index (κ3) is 4.56. The van der Waals surface area contributed by atoms with Crippen LogP contribution in [0.2, 0.25) is 0 Å². The average Bonchev–Trinajstić information content (AvgIpc) is 2.98. The molecule has 0 bridgehead atoms. The van der Waals surface area contributed by atoms with Gasteiger partial charge in [-0.1, -0.05) is 0 Å². The Labute approximate surface area is 117 Å². The third-order valence-electron chi connectivity index (χ3n) is 2.97. The first-order chi connectivity index (χ1) is 9.13. The van der Waals surface area contributed by atoms with Gasteiger partial charge in [-0.3, -0.25) is 4.79 Å². The number of thiophene rings is 1. The molecule has 2 rings (SSSR count). The van der Waals surface area contributed by atoms with E-state index in [9.17, 15) is 4.79 Å². The fourth-order valence-electron chi connectivity index (χ4n) is 1.95. The van der Waals surface area contributed by atoms with Gasteiger partial charge in [0.15, 0.2) is 0 Å². The molecule has 102 valence electrons. The van der Waals surface area contributed by atoms with E-state index in [1.807, 2.05) is 42.8 Å². The number of furan rings is 1. The summed E-state index contributed by atoms with van der Waals surface area (Å²) in [6.07, 6.45) is 2.21. The zero-order valence-electron chi connectivity index (χ0n) is 11.3. The van der Waals surface area contributed by atoms with Gasteiger partial charge in [-0.15, -0.1) is 0 Å². The Balaban J connectivity index is 1.71. The van der Waals surface area contributed by atoms with Crippen molar-refractivity contribution in [2.75, 3.05) is 0 Å². The van der Waals surface area contributed by atoms with E-state index in [0.717, 1.165) is 29.9 Å². The molecular weight excluding hydrogens is 258 g/mol. The fourth-order valence-corrected chi connectivity index (χ4v) is 2.62. The highest BCUT2D eigenvalue weighted by atomic mass is 32.1. The van der Waals surface area contributed by atoms with E-state index < -0.39 is 0 Å². The fraction of sp³-hybridized carbons (Fsp3) is 0.400. The van der Waals surface area contributed by atoms with Crippen LogP contribution in [0.4, 0.5) is 0 Å². The molecule has 19 heavy (non-hydrogen) atoms. The van der Waals surface area contributed by atoms with Gasteiger partial charge in [0.05, 0.1) is 6.42 Å². The summed E-state index contributed by atoms with van der Waals surface area (Å²) in [6.45, 7) is 3.97. The summed E-state index contributed by atoms with van der Waals surface area (Å²) in [7, 11) is 0. The number of carbonyl (C=O) groups is 1. The van der Waals surface area contributed by atoms with Gasteiger partial charge >= 0.3 is 0 Å². The van der Waals surface area contributed by atoms with Gasteiger partial charge in [0.2, 0.25) is 5.91 Å². The Bertz CT molecular complexity index is 516. The molecule has 0 aliphatic rings. The maximum absolute atomic E-state index is 11.8. The molecule has 1 N–H and O–H groups in total. The Morgan fingerprint density at radius 1 is 1.42 bits per heavy atom. The molecule has 1 atom stereocenters. The first-order valence-corrected chi connectivity index (χ1v) is 7.43. The maximum atomic E-state index is 11.8. The monoisotopic (exact) mass is 277 g/mol. The van der Waals surface area contributed by atoms with E-state index in [0.29, 0.717) is 6.42 Å². The van der Waals surface area contributed by atoms with Crippen molar-refractivity contribution in [1.29, 1.82) is 0 Å². The quantitative estimate of drug-likeness (QED) is 0.880. The first kappa shape index (κ1) is 13.9. The number of aryl methyl sites for hydroxylation is 2. The third-order valence-corrected chi connectivity index (χ3v) is 3.70. The van der Waals surface area contributed by atoms with Crippen LogP contribution < -0.4 is 5.32 Å². The SMILES string of the molecule is Cc1ccc(CC[C@H](C)NC(=O)Cc2ccsc2)o1. The molecule has 3 nitrogen and oxygen atoms in total. The highest BCUT2D eigenvalue weighted by molar-refractivity contribution is 7.07. The molecule has 0 aromatic carbocycles. The van der Waals surface area contributed by atoms with E-state index in [2.05, 4.69) is 5.32 Å². The summed E-state index contributed by atoms with van der Waals surface area (Å²) in [6, 6.07) is 6.11. The van der Waals surface area contributed by atoms with Crippen LogP contribution in [0.15, 0.2) is 33.4 Å². The molecule has 1 amide bonds. The van der Waals surface area contributed by atoms with E-state index in [1.54, 1.807) is 11.3 Å². The predicted octanol–water partition coefficient (Wildman–Crippen LogP) is 3.33. The molecule has 2 aromatic heterocycles. The highest BCUT2D eigenvalue weighted by Gasteiger charge is 2.09. The summed E-state index contributed by atoms with van der Waals surface area (Å²) in [5.74, 6) is 2.00. The number of rotatable bonds is 6. The Kier molecular flexibility index (Phi) is 4.80. The van der Waals surface area contributed by atoms with Crippen molar-refractivity contribution in [2.24, 2.45) is 0 Å². The van der Waals surface area contributed by atoms with Crippen LogP contribution in [-0.4, -0.2) is 11.9 Å². The number of nitrogens with one attached hydrogen (secondary N) is 1. The van der Waals surface area contributed by atoms with Crippen molar-refractivity contribution in [3.05, 3.63) is 46.0 Å². The Hall–Kier alpha value is -1.55. The lowest BCUT2D eigenvalue weighted by molar-refractivity contribution is -0.121. The molecule has 2 heterocycles. The second kappa shape index (κ2) is 6.57. The maximum Gasteiger partial charge on any atom is 0.224 e. The van der Waals surface area contributed by atoms with Crippen LogP contribution in [0.5, 0.6) is 0 Å². The topological polar surface area (TPSA) is 42.2 Å². The molecule has 4 heteroatoms. The van der Waals surface area contributed by atoms with Crippen molar-refractivity contribution >= 4 is 17.2 Å². The van der Waals surface area contributed by atoms with Crippen LogP contribution in [0.3, 0.4) is 0 Å². The number of hydrogen-bond acceptors (Lipinski definition) is 3. The molecule has 0 spiro atoms. The Morgan fingerprint density at radius 3 is 2.89 bits per heavy atom. The summed E-state index contributed by atoms with van der Waals surface area (Å²) in [5, 5.41) is 7.02. The number of hydrogen-bond donors (Lipinski definition) is 1. The van der Waals surface area contributed by atoms with Crippen molar-refractivity contribution in [1.82, 2.24) is 5.32 Å². The molecule has 0 fully saturated rings. The lowest BCUT2D eigenvalue weighted by atomic mass is 10.1. The lowest BCUT2D eigenvalue weighted by Crippen LogP contribution is -2.33. The molecule has 0 aliphatic heterocycles. The van der Waals surface area contributed by atoms with Crippen LogP contribution in [0, 0.1) is 6.92 Å². The summed E-state index contributed by atoms with van der Waals surface area (Å²) in [5.41, 5.74) is 1.08. The van der Waals surface area contributed by atoms with Crippen LogP contribution >= 0.6 is 11.3 Å². The van der Waals surface area contributed by atoms with Gasteiger partial charge in [-0.25, -0.2) is 0 Å². The zero-order valence-corrected chi connectivity index (χ0v) is 12.1. The van der Waals surface area contributed by atoms with Crippen LogP contribution in [-0.2, 0) is 17.6 Å². The largest absolute Gasteiger partial charge is 0.466 e. The van der Waals surface area contributed by atoms with Gasteiger partial charge in [-0.2, -0.15) is 11.3 Å². The standard InChI is InChI=1S/C15H19NO2S/c1-11(3-5-14-6-4-12(2)18-14)16-15(17)9-13-7-8-19-10-13/h4,6-8,10-11H,3,5,9H2,1-2H3,(H,16,17)/t11-/m0/s1. The highest BCUT2D eigenvalue weighted by Crippen LogP contribution is 2.10. The van der Waals surface area contributed by atoms with Crippen LogP contribution in [0.1, 0.15) is 30.4 Å². The van der Waals surface area contributed by atoms with Crippen molar-refractivity contribution in [3.63, 3.8) is 0 Å². The van der Waals surface area contributed by atoms with E-state index >= 15 is 0 Å². The molecule has 0 radical (unpaired) electrons. The normalized spacial score (nSPS) is 12.3. The lowest BCUT2D eigenvalue weighted by Gasteiger charge is -2.12. The van der Waals surface area contributed by atoms with E-state index in [-0.39, 0.29) is 11.9 Å². The van der Waals surface area contributed by atoms with Gasteiger partial charge in [-0.05, 0) is 54.8 Å². The van der Waals surface area contributed by atoms with Gasteiger partial charge < -0.3 is 9.73 Å². The van der Waals surface area contributed by atoms with Crippen LogP contribution in [0.25, 0.3) is 0 Å². The van der Waals surface area contributed by atoms with Crippen molar-refractivity contribution in [3.8, 4) is 0 Å². The van der Waals surface area contributed by atoms with Crippen molar-refractivity contribution < 1.29 is 9.21 Å².